The van der Waals surface area contributed by atoms with Crippen molar-refractivity contribution in [1.82, 2.24) is 25.2 Å². The third-order valence-electron chi connectivity index (χ3n) is 3.83. The molecule has 124 valence electrons. The van der Waals surface area contributed by atoms with Crippen LogP contribution >= 0.6 is 11.6 Å². The molecule has 4 rings (SSSR count). The predicted molar refractivity (Wildman–Crippen MR) is 97.9 cm³/mol. The van der Waals surface area contributed by atoms with Crippen LogP contribution in [0.15, 0.2) is 59.8 Å². The van der Waals surface area contributed by atoms with Gasteiger partial charge in [-0.2, -0.15) is 10.3 Å². The number of benzene rings is 2. The van der Waals surface area contributed by atoms with Gasteiger partial charge >= 0.3 is 0 Å². The zero-order valence-corrected chi connectivity index (χ0v) is 13.9. The molecule has 2 N–H and O–H groups in total. The maximum atomic E-state index is 6.30. The Balaban J connectivity index is 1.66. The van der Waals surface area contributed by atoms with Gasteiger partial charge in [0.25, 0.3) is 5.95 Å². The summed E-state index contributed by atoms with van der Waals surface area (Å²) < 4.78 is 2.16. The minimum Gasteiger partial charge on any atom is -0.342 e. The minimum atomic E-state index is 0.316. The molecular formula is C17H14ClN7. The third kappa shape index (κ3) is 3.22. The van der Waals surface area contributed by atoms with Crippen molar-refractivity contribution < 1.29 is 0 Å². The summed E-state index contributed by atoms with van der Waals surface area (Å²) in [6.45, 7) is 0.687. The monoisotopic (exact) mass is 351 g/mol. The number of nitrogens with zero attached hydrogens (tertiary/aromatic N) is 5. The quantitative estimate of drug-likeness (QED) is 0.427. The van der Waals surface area contributed by atoms with E-state index < -0.39 is 0 Å². The maximum Gasteiger partial charge on any atom is 0.283 e. The number of aromatic amines is 1. The molecule has 0 aliphatic heterocycles. The molecule has 0 amide bonds. The summed E-state index contributed by atoms with van der Waals surface area (Å²) in [7, 11) is 0. The average molecular weight is 352 g/mol. The second-order valence-electron chi connectivity index (χ2n) is 5.43. The van der Waals surface area contributed by atoms with Gasteiger partial charge in [0.05, 0.1) is 6.21 Å². The van der Waals surface area contributed by atoms with Gasteiger partial charge in [0, 0.05) is 34.2 Å². The van der Waals surface area contributed by atoms with Crippen LogP contribution < -0.4 is 5.43 Å². The first-order valence-corrected chi connectivity index (χ1v) is 8.03. The second kappa shape index (κ2) is 6.74. The first kappa shape index (κ1) is 15.3. The molecule has 8 heteroatoms. The highest BCUT2D eigenvalue weighted by Gasteiger charge is 2.08. The standard InChI is InChI=1S/C17H14ClN7/c18-15-7-3-1-5-12(15)10-25-11-13(14-6-2-4-8-16(14)25)9-19-20-17-21-23-24-22-17/h1-9,11H,10H2,(H2,20,21,22,23,24). The highest BCUT2D eigenvalue weighted by atomic mass is 35.5. The third-order valence-corrected chi connectivity index (χ3v) is 4.20. The van der Waals surface area contributed by atoms with E-state index in [1.54, 1.807) is 6.21 Å². The largest absolute Gasteiger partial charge is 0.342 e. The van der Waals surface area contributed by atoms with Crippen LogP contribution in [-0.2, 0) is 6.54 Å². The first-order chi connectivity index (χ1) is 12.3. The molecule has 2 heterocycles. The molecule has 2 aromatic carbocycles. The number of nitrogens with one attached hydrogen (secondary N) is 2. The topological polar surface area (TPSA) is 83.8 Å². The molecular weight excluding hydrogens is 338 g/mol. The Hall–Kier alpha value is -3.19. The molecule has 0 bridgehead atoms. The van der Waals surface area contributed by atoms with E-state index in [0.29, 0.717) is 12.5 Å². The number of halogens is 1. The molecule has 0 aliphatic rings. The number of tetrazole rings is 1. The molecule has 0 radical (unpaired) electrons. The summed E-state index contributed by atoms with van der Waals surface area (Å²) >= 11 is 6.30. The maximum absolute atomic E-state index is 6.30. The van der Waals surface area contributed by atoms with Crippen molar-refractivity contribution in [3.63, 3.8) is 0 Å². The van der Waals surface area contributed by atoms with Crippen LogP contribution in [0.3, 0.4) is 0 Å². The fourth-order valence-electron chi connectivity index (χ4n) is 2.69. The zero-order chi connectivity index (χ0) is 17.1. The van der Waals surface area contributed by atoms with Crippen LogP contribution in [0.25, 0.3) is 10.9 Å². The number of anilines is 1. The smallest absolute Gasteiger partial charge is 0.283 e. The van der Waals surface area contributed by atoms with Crippen LogP contribution in [-0.4, -0.2) is 31.4 Å². The SMILES string of the molecule is Clc1ccccc1Cn1cc(C=NNc2nn[nH]n2)c2ccccc21. The number of hydrazone groups is 1. The van der Waals surface area contributed by atoms with Crippen molar-refractivity contribution in [2.75, 3.05) is 5.43 Å². The highest BCUT2D eigenvalue weighted by molar-refractivity contribution is 6.31. The fraction of sp³-hybridized carbons (Fsp3) is 0.0588. The van der Waals surface area contributed by atoms with Crippen molar-refractivity contribution in [1.29, 1.82) is 0 Å². The lowest BCUT2D eigenvalue weighted by atomic mass is 10.2. The number of H-pyrrole nitrogens is 1. The van der Waals surface area contributed by atoms with E-state index in [-0.39, 0.29) is 0 Å². The number of rotatable bonds is 5. The van der Waals surface area contributed by atoms with Crippen LogP contribution in [0, 0.1) is 0 Å². The summed E-state index contributed by atoms with van der Waals surface area (Å²) in [6.07, 6.45) is 3.79. The van der Waals surface area contributed by atoms with Gasteiger partial charge in [-0.15, -0.1) is 5.10 Å². The summed E-state index contributed by atoms with van der Waals surface area (Å²) in [5.41, 5.74) is 5.90. The van der Waals surface area contributed by atoms with Gasteiger partial charge in [0.1, 0.15) is 0 Å². The van der Waals surface area contributed by atoms with Crippen molar-refractivity contribution in [3.05, 3.63) is 70.9 Å². The van der Waals surface area contributed by atoms with Crippen LogP contribution in [0.2, 0.25) is 5.02 Å². The number of para-hydroxylation sites is 1. The Morgan fingerprint density at radius 1 is 1.16 bits per heavy atom. The molecule has 2 aromatic heterocycles. The highest BCUT2D eigenvalue weighted by Crippen LogP contribution is 2.23. The van der Waals surface area contributed by atoms with E-state index in [1.165, 1.54) is 0 Å². The van der Waals surface area contributed by atoms with Gasteiger partial charge < -0.3 is 4.57 Å². The molecule has 0 fully saturated rings. The summed E-state index contributed by atoms with van der Waals surface area (Å²) in [6, 6.07) is 16.0. The Labute approximate surface area is 148 Å². The van der Waals surface area contributed by atoms with Crippen LogP contribution in [0.1, 0.15) is 11.1 Å². The fourth-order valence-corrected chi connectivity index (χ4v) is 2.88. The van der Waals surface area contributed by atoms with Gasteiger partial charge in [0.2, 0.25) is 0 Å². The molecule has 0 unspecified atom stereocenters. The van der Waals surface area contributed by atoms with Crippen LogP contribution in [0.4, 0.5) is 5.95 Å². The van der Waals surface area contributed by atoms with Crippen molar-refractivity contribution in [3.8, 4) is 0 Å². The van der Waals surface area contributed by atoms with Crippen molar-refractivity contribution in [2.24, 2.45) is 5.10 Å². The molecule has 0 saturated carbocycles. The lowest BCUT2D eigenvalue weighted by molar-refractivity contribution is 0.836. The van der Waals surface area contributed by atoms with E-state index in [9.17, 15) is 0 Å². The molecule has 0 atom stereocenters. The van der Waals surface area contributed by atoms with Crippen molar-refractivity contribution in [2.45, 2.75) is 6.54 Å². The zero-order valence-electron chi connectivity index (χ0n) is 13.1. The number of hydrogen-bond acceptors (Lipinski definition) is 5. The summed E-state index contributed by atoms with van der Waals surface area (Å²) in [5, 5.41) is 19.4. The first-order valence-electron chi connectivity index (χ1n) is 7.65. The lowest BCUT2D eigenvalue weighted by Gasteiger charge is -2.07. The number of aromatic nitrogens is 5. The molecule has 7 nitrogen and oxygen atoms in total. The van der Waals surface area contributed by atoms with Crippen molar-refractivity contribution >= 4 is 34.7 Å². The van der Waals surface area contributed by atoms with E-state index in [0.717, 1.165) is 27.1 Å². The second-order valence-corrected chi connectivity index (χ2v) is 5.83. The summed E-state index contributed by atoms with van der Waals surface area (Å²) in [4.78, 5) is 0. The molecule has 0 spiro atoms. The van der Waals surface area contributed by atoms with Gasteiger partial charge in [0.15, 0.2) is 0 Å². The van der Waals surface area contributed by atoms with Gasteiger partial charge in [-0.05, 0) is 22.9 Å². The Morgan fingerprint density at radius 2 is 2.00 bits per heavy atom. The van der Waals surface area contributed by atoms with E-state index in [1.807, 2.05) is 36.4 Å². The number of fused-ring (bicyclic) bond motifs is 1. The van der Waals surface area contributed by atoms with E-state index >= 15 is 0 Å². The van der Waals surface area contributed by atoms with E-state index in [2.05, 4.69) is 54.0 Å². The lowest BCUT2D eigenvalue weighted by Crippen LogP contribution is -1.98. The minimum absolute atomic E-state index is 0.316. The van der Waals surface area contributed by atoms with Gasteiger partial charge in [-0.3, -0.25) is 0 Å². The van der Waals surface area contributed by atoms with E-state index in [4.69, 9.17) is 11.6 Å². The Morgan fingerprint density at radius 3 is 2.84 bits per heavy atom. The van der Waals surface area contributed by atoms with Gasteiger partial charge in [-0.1, -0.05) is 53.1 Å². The molecule has 25 heavy (non-hydrogen) atoms. The molecule has 0 aliphatic carbocycles. The normalized spacial score (nSPS) is 11.4. The molecule has 0 saturated heterocycles. The Kier molecular flexibility index (Phi) is 4.14. The Bertz CT molecular complexity index is 1020. The summed E-state index contributed by atoms with van der Waals surface area (Å²) in [5.74, 6) is 0.316. The average Bonchev–Trinajstić information content (AvgIpc) is 3.26. The number of hydrogen-bond donors (Lipinski definition) is 2. The van der Waals surface area contributed by atoms with Crippen LogP contribution in [0.5, 0.6) is 0 Å². The predicted octanol–water partition coefficient (Wildman–Crippen LogP) is 3.30. The molecule has 4 aromatic rings. The van der Waals surface area contributed by atoms with Gasteiger partial charge in [-0.25, -0.2) is 5.43 Å².